The largest absolute Gasteiger partial charge is 0.573 e. The van der Waals surface area contributed by atoms with Crippen LogP contribution in [0.4, 0.5) is 13.2 Å². The van der Waals surface area contributed by atoms with Gasteiger partial charge in [0.2, 0.25) is 0 Å². The van der Waals surface area contributed by atoms with Crippen LogP contribution in [0.25, 0.3) is 0 Å². The second-order valence-electron chi connectivity index (χ2n) is 3.10. The van der Waals surface area contributed by atoms with Gasteiger partial charge in [0, 0.05) is 6.54 Å². The Bertz CT molecular complexity index is 377. The monoisotopic (exact) mass is 232 g/mol. The lowest BCUT2D eigenvalue weighted by Crippen LogP contribution is -2.18. The fourth-order valence-electron chi connectivity index (χ4n) is 1.20. The van der Waals surface area contributed by atoms with E-state index in [0.29, 0.717) is 11.1 Å². The molecule has 0 fully saturated rings. The molecule has 0 aliphatic heterocycles. The molecule has 0 saturated carbocycles. The molecule has 0 aromatic heterocycles. The molecule has 87 valence electrons. The van der Waals surface area contributed by atoms with E-state index in [2.05, 4.69) is 10.1 Å². The van der Waals surface area contributed by atoms with Gasteiger partial charge in [0.15, 0.2) is 0 Å². The normalized spacial score (nSPS) is 11.0. The minimum absolute atomic E-state index is 0.219. The summed E-state index contributed by atoms with van der Waals surface area (Å²) < 4.78 is 39.6. The molecular weight excluding hydrogens is 223 g/mol. The Kier molecular flexibility index (Phi) is 3.76. The molecule has 0 atom stereocenters. The number of benzene rings is 1. The zero-order chi connectivity index (χ0) is 12.2. The number of hydrogen-bond donors (Lipinski definition) is 1. The number of alkyl halides is 3. The quantitative estimate of drug-likeness (QED) is 0.807. The van der Waals surface area contributed by atoms with Crippen LogP contribution in [-0.4, -0.2) is 12.8 Å². The Hall–Kier alpha value is -1.72. The van der Waals surface area contributed by atoms with E-state index in [1.54, 1.807) is 0 Å². The SMILES string of the molecule is Cc1cc(CN[C]=O)ccc1OC(F)(F)F. The first-order chi connectivity index (χ1) is 7.42. The highest BCUT2D eigenvalue weighted by Gasteiger charge is 2.31. The van der Waals surface area contributed by atoms with Crippen molar-refractivity contribution >= 4 is 6.41 Å². The first-order valence-electron chi connectivity index (χ1n) is 4.37. The maximum Gasteiger partial charge on any atom is 0.573 e. The van der Waals surface area contributed by atoms with Crippen LogP contribution in [0, 0.1) is 6.92 Å². The summed E-state index contributed by atoms with van der Waals surface area (Å²) in [6, 6.07) is 4.16. The lowest BCUT2D eigenvalue weighted by Gasteiger charge is -2.12. The van der Waals surface area contributed by atoms with Crippen LogP contribution < -0.4 is 10.1 Å². The molecule has 0 spiro atoms. The third kappa shape index (κ3) is 3.80. The number of aryl methyl sites for hydroxylation is 1. The Morgan fingerprint density at radius 1 is 1.44 bits per heavy atom. The molecule has 6 heteroatoms. The average molecular weight is 232 g/mol. The van der Waals surface area contributed by atoms with Gasteiger partial charge in [0.1, 0.15) is 5.75 Å². The van der Waals surface area contributed by atoms with Crippen molar-refractivity contribution in [2.24, 2.45) is 0 Å². The summed E-state index contributed by atoms with van der Waals surface area (Å²) in [5.41, 5.74) is 1.03. The number of rotatable bonds is 4. The average Bonchev–Trinajstić information content (AvgIpc) is 2.17. The summed E-state index contributed by atoms with van der Waals surface area (Å²) >= 11 is 0. The lowest BCUT2D eigenvalue weighted by molar-refractivity contribution is -0.274. The molecule has 1 aromatic rings. The number of nitrogens with one attached hydrogen (secondary N) is 1. The van der Waals surface area contributed by atoms with E-state index < -0.39 is 6.36 Å². The van der Waals surface area contributed by atoms with Gasteiger partial charge < -0.3 is 10.1 Å². The van der Waals surface area contributed by atoms with Crippen LogP contribution in [0.3, 0.4) is 0 Å². The molecule has 16 heavy (non-hydrogen) atoms. The molecule has 0 heterocycles. The van der Waals surface area contributed by atoms with Gasteiger partial charge in [-0.05, 0) is 24.1 Å². The van der Waals surface area contributed by atoms with Crippen LogP contribution in [0.2, 0.25) is 0 Å². The molecule has 0 unspecified atom stereocenters. The molecule has 1 rings (SSSR count). The van der Waals surface area contributed by atoms with Gasteiger partial charge in [-0.1, -0.05) is 12.1 Å². The highest BCUT2D eigenvalue weighted by atomic mass is 19.4. The second kappa shape index (κ2) is 4.87. The van der Waals surface area contributed by atoms with Gasteiger partial charge >= 0.3 is 12.8 Å². The Balaban J connectivity index is 2.79. The second-order valence-corrected chi connectivity index (χ2v) is 3.10. The van der Waals surface area contributed by atoms with Crippen molar-refractivity contribution in [1.29, 1.82) is 0 Å². The molecule has 1 radical (unpaired) electrons. The van der Waals surface area contributed by atoms with Crippen LogP contribution in [0.1, 0.15) is 11.1 Å². The Morgan fingerprint density at radius 2 is 2.12 bits per heavy atom. The van der Waals surface area contributed by atoms with Gasteiger partial charge in [-0.15, -0.1) is 13.2 Å². The molecule has 0 bridgehead atoms. The molecule has 1 amide bonds. The zero-order valence-electron chi connectivity index (χ0n) is 8.39. The molecule has 1 N–H and O–H groups in total. The Morgan fingerprint density at radius 3 is 2.62 bits per heavy atom. The summed E-state index contributed by atoms with van der Waals surface area (Å²) in [6.45, 7) is 1.71. The Labute approximate surface area is 90.2 Å². The third-order valence-electron chi connectivity index (χ3n) is 1.83. The number of halogens is 3. The molecule has 1 aromatic carbocycles. The summed E-state index contributed by atoms with van der Waals surface area (Å²) in [6.07, 6.45) is -3.22. The predicted octanol–water partition coefficient (Wildman–Crippen LogP) is 2.05. The smallest absolute Gasteiger partial charge is 0.406 e. The van der Waals surface area contributed by atoms with Crippen molar-refractivity contribution in [2.45, 2.75) is 19.8 Å². The summed E-state index contributed by atoms with van der Waals surface area (Å²) in [5.74, 6) is -0.244. The fourth-order valence-corrected chi connectivity index (χ4v) is 1.20. The topological polar surface area (TPSA) is 38.3 Å². The number of hydrogen-bond acceptors (Lipinski definition) is 2. The lowest BCUT2D eigenvalue weighted by atomic mass is 10.1. The van der Waals surface area contributed by atoms with Crippen molar-refractivity contribution in [3.05, 3.63) is 29.3 Å². The van der Waals surface area contributed by atoms with Gasteiger partial charge in [-0.2, -0.15) is 0 Å². The van der Waals surface area contributed by atoms with E-state index in [4.69, 9.17) is 0 Å². The van der Waals surface area contributed by atoms with E-state index >= 15 is 0 Å². The van der Waals surface area contributed by atoms with Crippen LogP contribution in [-0.2, 0) is 11.3 Å². The number of carbonyl (C=O) groups excluding carboxylic acids is 1. The van der Waals surface area contributed by atoms with Gasteiger partial charge in [-0.25, -0.2) is 0 Å². The van der Waals surface area contributed by atoms with Gasteiger partial charge in [0.05, 0.1) is 0 Å². The number of amides is 1. The van der Waals surface area contributed by atoms with Crippen LogP contribution >= 0.6 is 0 Å². The summed E-state index contributed by atoms with van der Waals surface area (Å²) in [5, 5.41) is 2.29. The molecule has 3 nitrogen and oxygen atoms in total. The minimum atomic E-state index is -4.69. The fraction of sp³-hybridized carbons (Fsp3) is 0.300. The van der Waals surface area contributed by atoms with Crippen molar-refractivity contribution < 1.29 is 22.7 Å². The van der Waals surface area contributed by atoms with E-state index in [-0.39, 0.29) is 12.3 Å². The van der Waals surface area contributed by atoms with Crippen molar-refractivity contribution in [1.82, 2.24) is 5.32 Å². The summed E-state index contributed by atoms with van der Waals surface area (Å²) in [7, 11) is 0. The highest BCUT2D eigenvalue weighted by Crippen LogP contribution is 2.26. The van der Waals surface area contributed by atoms with Gasteiger partial charge in [-0.3, -0.25) is 4.79 Å². The van der Waals surface area contributed by atoms with Gasteiger partial charge in [0.25, 0.3) is 0 Å². The van der Waals surface area contributed by atoms with Crippen molar-refractivity contribution in [3.63, 3.8) is 0 Å². The van der Waals surface area contributed by atoms with E-state index in [9.17, 15) is 18.0 Å². The standard InChI is InChI=1S/C10H9F3NO2/c1-7-4-8(5-14-6-15)2-3-9(7)16-10(11,12)13/h2-4H,5H2,1H3,(H,14,15). The zero-order valence-corrected chi connectivity index (χ0v) is 8.39. The maximum atomic E-state index is 11.9. The minimum Gasteiger partial charge on any atom is -0.406 e. The molecule has 0 saturated heterocycles. The number of ether oxygens (including phenoxy) is 1. The highest BCUT2D eigenvalue weighted by molar-refractivity contribution is 5.47. The molecule has 0 aliphatic carbocycles. The first-order valence-corrected chi connectivity index (χ1v) is 4.37. The maximum absolute atomic E-state index is 11.9. The van der Waals surface area contributed by atoms with E-state index in [1.807, 2.05) is 0 Å². The summed E-state index contributed by atoms with van der Waals surface area (Å²) in [4.78, 5) is 9.91. The van der Waals surface area contributed by atoms with Crippen molar-refractivity contribution in [2.75, 3.05) is 0 Å². The van der Waals surface area contributed by atoms with Crippen LogP contribution in [0.15, 0.2) is 18.2 Å². The van der Waals surface area contributed by atoms with Crippen molar-refractivity contribution in [3.8, 4) is 5.75 Å². The van der Waals surface area contributed by atoms with E-state index in [1.165, 1.54) is 31.5 Å². The first kappa shape index (κ1) is 12.4. The van der Waals surface area contributed by atoms with E-state index in [0.717, 1.165) is 0 Å². The third-order valence-corrected chi connectivity index (χ3v) is 1.83. The van der Waals surface area contributed by atoms with Crippen LogP contribution in [0.5, 0.6) is 5.75 Å². The molecule has 0 aliphatic rings. The predicted molar refractivity (Wildman–Crippen MR) is 50.4 cm³/mol. The molecular formula is C10H9F3NO2.